The maximum absolute atomic E-state index is 14.5. The van der Waals surface area contributed by atoms with Crippen LogP contribution in [0.5, 0.6) is 11.5 Å². The fourth-order valence-electron chi connectivity index (χ4n) is 5.02. The van der Waals surface area contributed by atoms with Gasteiger partial charge in [0.2, 0.25) is 0 Å². The first-order valence-corrected chi connectivity index (χ1v) is 12.6. The van der Waals surface area contributed by atoms with E-state index in [-0.39, 0.29) is 39.9 Å². The second kappa shape index (κ2) is 11.3. The van der Waals surface area contributed by atoms with Crippen molar-refractivity contribution in [2.45, 2.75) is 18.9 Å². The molecule has 1 aliphatic carbocycles. The highest BCUT2D eigenvalue weighted by Crippen LogP contribution is 2.53. The van der Waals surface area contributed by atoms with Gasteiger partial charge < -0.3 is 9.47 Å². The number of alkyl halides is 9. The van der Waals surface area contributed by atoms with E-state index in [1.54, 1.807) is 0 Å². The van der Waals surface area contributed by atoms with E-state index in [1.807, 2.05) is 0 Å². The number of fused-ring (bicyclic) bond motifs is 3. The van der Waals surface area contributed by atoms with Crippen molar-refractivity contribution in [3.8, 4) is 57.0 Å². The molecule has 16 heteroatoms. The zero-order chi connectivity index (χ0) is 34.6. The van der Waals surface area contributed by atoms with Crippen molar-refractivity contribution in [1.82, 2.24) is 0 Å². The number of halogens is 12. The maximum atomic E-state index is 14.5. The maximum Gasteiger partial charge on any atom is 0.573 e. The van der Waals surface area contributed by atoms with E-state index in [0.29, 0.717) is 30.3 Å². The molecule has 0 unspecified atom stereocenters. The van der Waals surface area contributed by atoms with E-state index >= 15 is 0 Å². The van der Waals surface area contributed by atoms with Crippen molar-refractivity contribution < 1.29 is 62.2 Å². The van der Waals surface area contributed by atoms with Gasteiger partial charge >= 0.3 is 18.9 Å². The molecular formula is C31H10F12N2O2. The summed E-state index contributed by atoms with van der Waals surface area (Å²) < 4.78 is 171. The van der Waals surface area contributed by atoms with E-state index in [9.17, 15) is 63.2 Å². The van der Waals surface area contributed by atoms with Crippen LogP contribution in [0.1, 0.15) is 16.7 Å². The van der Waals surface area contributed by atoms with Gasteiger partial charge in [-0.1, -0.05) is 12.1 Å². The number of nitrogens with zero attached hydrogens (tertiary/aromatic N) is 2. The zero-order valence-corrected chi connectivity index (χ0v) is 22.5. The molecule has 0 atom stereocenters. The molecule has 0 spiro atoms. The van der Waals surface area contributed by atoms with Crippen LogP contribution < -0.4 is 9.47 Å². The average Bonchev–Trinajstić information content (AvgIpc) is 3.24. The van der Waals surface area contributed by atoms with Gasteiger partial charge in [-0.2, -0.15) is 23.7 Å². The minimum absolute atomic E-state index is 0.181. The quantitative estimate of drug-likeness (QED) is 0.141. The average molecular weight is 670 g/mol. The third-order valence-corrected chi connectivity index (χ3v) is 6.81. The molecule has 4 nitrogen and oxygen atoms in total. The number of allylic oxidation sites excluding steroid dienone is 1. The lowest BCUT2D eigenvalue weighted by atomic mass is 9.94. The molecule has 240 valence electrons. The van der Waals surface area contributed by atoms with E-state index in [1.165, 1.54) is 12.1 Å². The Hall–Kier alpha value is -5.64. The van der Waals surface area contributed by atoms with Gasteiger partial charge in [0.15, 0.2) is 11.6 Å². The van der Waals surface area contributed by atoms with E-state index < -0.39 is 81.3 Å². The zero-order valence-electron chi connectivity index (χ0n) is 22.5. The summed E-state index contributed by atoms with van der Waals surface area (Å²) in [6.45, 7) is 0. The summed E-state index contributed by atoms with van der Waals surface area (Å²) in [5, 5.41) is 19.3. The Labute approximate surface area is 254 Å². The van der Waals surface area contributed by atoms with Crippen LogP contribution in [-0.4, -0.2) is 12.7 Å². The first kappa shape index (κ1) is 32.7. The minimum Gasteiger partial charge on any atom is -0.405 e. The van der Waals surface area contributed by atoms with Crippen LogP contribution in [0.4, 0.5) is 52.7 Å². The molecular weight excluding hydrogens is 660 g/mol. The second-order valence-corrected chi connectivity index (χ2v) is 9.68. The van der Waals surface area contributed by atoms with Gasteiger partial charge in [-0.05, 0) is 81.9 Å². The fourth-order valence-corrected chi connectivity index (χ4v) is 5.02. The van der Waals surface area contributed by atoms with Crippen LogP contribution in [0.25, 0.3) is 39.0 Å². The fraction of sp³-hybridized carbons (Fsp3) is 0.0968. The molecule has 4 aromatic carbocycles. The van der Waals surface area contributed by atoms with Gasteiger partial charge in [0.25, 0.3) is 0 Å². The van der Waals surface area contributed by atoms with Crippen LogP contribution in [0.3, 0.4) is 0 Å². The molecule has 5 rings (SSSR count). The molecule has 0 heterocycles. The van der Waals surface area contributed by atoms with E-state index in [0.717, 1.165) is 18.2 Å². The van der Waals surface area contributed by atoms with Crippen molar-refractivity contribution in [2.24, 2.45) is 0 Å². The van der Waals surface area contributed by atoms with Gasteiger partial charge in [-0.25, -0.2) is 13.2 Å². The predicted octanol–water partition coefficient (Wildman–Crippen LogP) is 10.1. The molecule has 1 aliphatic rings. The van der Waals surface area contributed by atoms with Crippen molar-refractivity contribution in [2.75, 3.05) is 0 Å². The van der Waals surface area contributed by atoms with Crippen LogP contribution in [0.15, 0.2) is 66.2 Å². The first-order valence-electron chi connectivity index (χ1n) is 12.6. The summed E-state index contributed by atoms with van der Waals surface area (Å²) in [6.07, 6.45) is -16.0. The summed E-state index contributed by atoms with van der Waals surface area (Å²) in [6, 6.07) is 9.28. The van der Waals surface area contributed by atoms with E-state index in [4.69, 9.17) is 0 Å². The van der Waals surface area contributed by atoms with Crippen LogP contribution in [0.2, 0.25) is 0 Å². The third-order valence-electron chi connectivity index (χ3n) is 6.81. The second-order valence-electron chi connectivity index (χ2n) is 9.68. The van der Waals surface area contributed by atoms with E-state index in [2.05, 4.69) is 9.47 Å². The largest absolute Gasteiger partial charge is 0.573 e. The molecule has 47 heavy (non-hydrogen) atoms. The highest BCUT2D eigenvalue weighted by Gasteiger charge is 2.38. The Morgan fingerprint density at radius 3 is 1.34 bits per heavy atom. The Kier molecular flexibility index (Phi) is 7.88. The number of nitriles is 2. The summed E-state index contributed by atoms with van der Waals surface area (Å²) in [5.74, 6) is -6.87. The lowest BCUT2D eigenvalue weighted by Crippen LogP contribution is -2.18. The van der Waals surface area contributed by atoms with Crippen molar-refractivity contribution in [3.63, 3.8) is 0 Å². The predicted molar refractivity (Wildman–Crippen MR) is 138 cm³/mol. The highest BCUT2D eigenvalue weighted by atomic mass is 19.4. The topological polar surface area (TPSA) is 66.0 Å². The Bertz CT molecular complexity index is 2050. The third kappa shape index (κ3) is 6.40. The van der Waals surface area contributed by atoms with Crippen LogP contribution >= 0.6 is 0 Å². The molecule has 0 bridgehead atoms. The van der Waals surface area contributed by atoms with Gasteiger partial charge in [-0.15, -0.1) is 26.3 Å². The van der Waals surface area contributed by atoms with Gasteiger partial charge in [0.1, 0.15) is 35.0 Å². The van der Waals surface area contributed by atoms with Gasteiger partial charge in [-0.3, -0.25) is 0 Å². The summed E-state index contributed by atoms with van der Waals surface area (Å²) in [4.78, 5) is 0. The molecule has 0 amide bonds. The van der Waals surface area contributed by atoms with Crippen LogP contribution in [-0.2, 0) is 6.18 Å². The highest BCUT2D eigenvalue weighted by molar-refractivity contribution is 6.07. The first-order chi connectivity index (χ1) is 21.8. The Morgan fingerprint density at radius 2 is 0.957 bits per heavy atom. The number of hydrogen-bond acceptors (Lipinski definition) is 4. The summed E-state index contributed by atoms with van der Waals surface area (Å²) in [5.41, 5.74) is -6.26. The smallest absolute Gasteiger partial charge is 0.405 e. The van der Waals surface area contributed by atoms with Crippen LogP contribution in [0, 0.1) is 40.1 Å². The SMILES string of the molecule is N#CC(C#N)=C1c2cc(OC(F)(F)F)c(-c3ccc(F)c(F)c3)cc2-c2cc(-c3ccc(C(F)(F)F)c(F)c3)c(OC(F)(F)F)cc21. The number of ether oxygens (including phenoxy) is 2. The lowest BCUT2D eigenvalue weighted by molar-refractivity contribution is -0.275. The minimum atomic E-state index is -5.44. The van der Waals surface area contributed by atoms with Crippen molar-refractivity contribution >= 4 is 5.57 Å². The number of hydrogen-bond donors (Lipinski definition) is 0. The molecule has 0 fully saturated rings. The molecule has 0 N–H and O–H groups in total. The molecule has 0 saturated carbocycles. The van der Waals surface area contributed by atoms with Gasteiger partial charge in [0, 0.05) is 16.7 Å². The number of benzene rings is 4. The molecule has 0 radical (unpaired) electrons. The molecule has 0 aromatic heterocycles. The summed E-state index contributed by atoms with van der Waals surface area (Å²) >= 11 is 0. The van der Waals surface area contributed by atoms with Crippen molar-refractivity contribution in [1.29, 1.82) is 10.5 Å². The Balaban J connectivity index is 1.88. The number of rotatable bonds is 4. The monoisotopic (exact) mass is 670 g/mol. The van der Waals surface area contributed by atoms with Gasteiger partial charge in [0.05, 0.1) is 5.56 Å². The standard InChI is InChI=1S/C31H10F12N2O2/c32-23-4-2-14(6-25(23)34)17-8-19-18-7-16(13-1-3-22(24(33)5-13)29(35,36)37)26(46-30(38,39)40)9-20(18)28(15(11-44)12-45)21(19)10-27(17)47-31(41,42)43/h1-10H. The normalized spacial score (nSPS) is 12.6. The Morgan fingerprint density at radius 1 is 0.511 bits per heavy atom. The molecule has 4 aromatic rings. The lowest BCUT2D eigenvalue weighted by Gasteiger charge is -2.17. The molecule has 0 aliphatic heterocycles. The van der Waals surface area contributed by atoms with Crippen molar-refractivity contribution in [3.05, 3.63) is 100 Å². The summed E-state index contributed by atoms with van der Waals surface area (Å²) in [7, 11) is 0. The molecule has 0 saturated heterocycles.